The van der Waals surface area contributed by atoms with Gasteiger partial charge in [-0.2, -0.15) is 0 Å². The number of hydrogen-bond donors (Lipinski definition) is 2. The van der Waals surface area contributed by atoms with Crippen LogP contribution in [0.4, 0.5) is 5.00 Å². The Labute approximate surface area is 113 Å². The lowest BCUT2D eigenvalue weighted by molar-refractivity contribution is -0.380. The van der Waals surface area contributed by atoms with E-state index in [4.69, 9.17) is 5.11 Å². The second kappa shape index (κ2) is 6.28. The Hall–Kier alpha value is -1.96. The normalized spacial score (nSPS) is 13.6. The van der Waals surface area contributed by atoms with Crippen molar-refractivity contribution in [1.82, 2.24) is 5.32 Å². The maximum Gasteiger partial charge on any atom is 0.326 e. The van der Waals surface area contributed by atoms with Crippen LogP contribution in [0.15, 0.2) is 12.1 Å². The summed E-state index contributed by atoms with van der Waals surface area (Å²) in [6.07, 6.45) is 0.599. The fourth-order valence-corrected chi connectivity index (χ4v) is 2.17. The first-order valence-electron chi connectivity index (χ1n) is 5.64. The maximum atomic E-state index is 11.8. The standard InChI is InChI=1S/C11H14N2O5S/c1-3-6(2)9(11(15)16)12-10(14)7-4-5-8(19-7)13(17)18/h4-6,9H,3H2,1-2H3,(H,12,14)(H,15,16). The Kier molecular flexibility index (Phi) is 4.99. The second-order valence-electron chi connectivity index (χ2n) is 4.07. The second-order valence-corrected chi connectivity index (χ2v) is 5.13. The van der Waals surface area contributed by atoms with E-state index < -0.39 is 22.8 Å². The number of carboxylic acid groups (broad SMARTS) is 1. The molecule has 1 heterocycles. The molecule has 0 bridgehead atoms. The smallest absolute Gasteiger partial charge is 0.326 e. The number of nitrogens with one attached hydrogen (secondary N) is 1. The molecule has 1 rings (SSSR count). The molecule has 0 radical (unpaired) electrons. The average molecular weight is 286 g/mol. The zero-order valence-corrected chi connectivity index (χ0v) is 11.3. The summed E-state index contributed by atoms with van der Waals surface area (Å²) in [6, 6.07) is 1.53. The minimum atomic E-state index is -1.12. The third-order valence-corrected chi connectivity index (χ3v) is 3.80. The quantitative estimate of drug-likeness (QED) is 0.613. The van der Waals surface area contributed by atoms with E-state index in [9.17, 15) is 19.7 Å². The molecular formula is C11H14N2O5S. The van der Waals surface area contributed by atoms with Crippen LogP contribution in [0.3, 0.4) is 0 Å². The van der Waals surface area contributed by atoms with Crippen LogP contribution >= 0.6 is 11.3 Å². The van der Waals surface area contributed by atoms with Crippen molar-refractivity contribution in [3.8, 4) is 0 Å². The first kappa shape index (κ1) is 15.1. The van der Waals surface area contributed by atoms with Crippen molar-refractivity contribution < 1.29 is 19.6 Å². The summed E-state index contributed by atoms with van der Waals surface area (Å²) in [4.78, 5) is 32.9. The number of carboxylic acids is 1. The molecule has 104 valence electrons. The molecule has 7 nitrogen and oxygen atoms in total. The monoisotopic (exact) mass is 286 g/mol. The van der Waals surface area contributed by atoms with E-state index in [1.54, 1.807) is 6.92 Å². The highest BCUT2D eigenvalue weighted by Crippen LogP contribution is 2.24. The van der Waals surface area contributed by atoms with E-state index in [-0.39, 0.29) is 15.8 Å². The first-order valence-corrected chi connectivity index (χ1v) is 6.46. The molecule has 2 N–H and O–H groups in total. The molecule has 0 aliphatic carbocycles. The van der Waals surface area contributed by atoms with Gasteiger partial charge in [0.05, 0.1) is 9.80 Å². The third kappa shape index (κ3) is 3.75. The minimum Gasteiger partial charge on any atom is -0.480 e. The Morgan fingerprint density at radius 1 is 1.53 bits per heavy atom. The van der Waals surface area contributed by atoms with Gasteiger partial charge < -0.3 is 10.4 Å². The SMILES string of the molecule is CCC(C)C(NC(=O)c1ccc([N+](=O)[O-])s1)C(=O)O. The van der Waals surface area contributed by atoms with Crippen LogP contribution in [0.1, 0.15) is 29.9 Å². The Bertz CT molecular complexity index is 499. The van der Waals surface area contributed by atoms with E-state index >= 15 is 0 Å². The maximum absolute atomic E-state index is 11.8. The van der Waals surface area contributed by atoms with Gasteiger partial charge in [-0.05, 0) is 12.0 Å². The van der Waals surface area contributed by atoms with Crippen LogP contribution in [0.25, 0.3) is 0 Å². The van der Waals surface area contributed by atoms with Gasteiger partial charge in [0.15, 0.2) is 0 Å². The van der Waals surface area contributed by atoms with Crippen LogP contribution in [0.5, 0.6) is 0 Å². The molecule has 0 aliphatic heterocycles. The van der Waals surface area contributed by atoms with Crippen LogP contribution in [-0.2, 0) is 4.79 Å². The third-order valence-electron chi connectivity index (χ3n) is 2.76. The van der Waals surface area contributed by atoms with Crippen LogP contribution in [0, 0.1) is 16.0 Å². The van der Waals surface area contributed by atoms with E-state index in [0.717, 1.165) is 11.3 Å². The van der Waals surface area contributed by atoms with Gasteiger partial charge in [0.1, 0.15) is 6.04 Å². The molecule has 19 heavy (non-hydrogen) atoms. The van der Waals surface area contributed by atoms with E-state index in [2.05, 4.69) is 5.32 Å². The number of rotatable bonds is 6. The summed E-state index contributed by atoms with van der Waals surface area (Å²) in [7, 11) is 0. The number of nitro groups is 1. The summed E-state index contributed by atoms with van der Waals surface area (Å²) in [5.41, 5.74) is 0. The summed E-state index contributed by atoms with van der Waals surface area (Å²) in [5, 5.41) is 21.8. The zero-order chi connectivity index (χ0) is 14.6. The lowest BCUT2D eigenvalue weighted by Gasteiger charge is -2.19. The number of carbonyl (C=O) groups excluding carboxylic acids is 1. The van der Waals surface area contributed by atoms with Crippen LogP contribution in [0.2, 0.25) is 0 Å². The molecule has 0 saturated carbocycles. The van der Waals surface area contributed by atoms with Crippen molar-refractivity contribution in [2.45, 2.75) is 26.3 Å². The van der Waals surface area contributed by atoms with Crippen LogP contribution < -0.4 is 5.32 Å². The highest BCUT2D eigenvalue weighted by molar-refractivity contribution is 7.17. The van der Waals surface area contributed by atoms with Gasteiger partial charge in [-0.1, -0.05) is 31.6 Å². The van der Waals surface area contributed by atoms with Crippen molar-refractivity contribution in [2.75, 3.05) is 0 Å². The van der Waals surface area contributed by atoms with Gasteiger partial charge in [0, 0.05) is 6.07 Å². The van der Waals surface area contributed by atoms with Gasteiger partial charge in [-0.15, -0.1) is 0 Å². The molecule has 0 aliphatic rings. The number of amides is 1. The number of aliphatic carboxylic acids is 1. The predicted octanol–water partition coefficient (Wildman–Crippen LogP) is 1.89. The van der Waals surface area contributed by atoms with E-state index in [0.29, 0.717) is 6.42 Å². The van der Waals surface area contributed by atoms with Gasteiger partial charge in [0.2, 0.25) is 0 Å². The highest BCUT2D eigenvalue weighted by Gasteiger charge is 2.26. The number of nitrogens with zero attached hydrogens (tertiary/aromatic N) is 1. The van der Waals surface area contributed by atoms with Crippen molar-refractivity contribution in [3.05, 3.63) is 27.1 Å². The van der Waals surface area contributed by atoms with Crippen molar-refractivity contribution >= 4 is 28.2 Å². The average Bonchev–Trinajstić information content (AvgIpc) is 2.84. The van der Waals surface area contributed by atoms with Crippen LogP contribution in [-0.4, -0.2) is 27.9 Å². The highest BCUT2D eigenvalue weighted by atomic mass is 32.1. The van der Waals surface area contributed by atoms with Gasteiger partial charge in [-0.25, -0.2) is 4.79 Å². The van der Waals surface area contributed by atoms with E-state index in [1.807, 2.05) is 6.92 Å². The molecular weight excluding hydrogens is 272 g/mol. The number of thiophene rings is 1. The summed E-state index contributed by atoms with van der Waals surface area (Å²) < 4.78 is 0. The molecule has 1 amide bonds. The topological polar surface area (TPSA) is 110 Å². The van der Waals surface area contributed by atoms with Gasteiger partial charge in [-0.3, -0.25) is 14.9 Å². The molecule has 2 atom stereocenters. The molecule has 1 aromatic heterocycles. The largest absolute Gasteiger partial charge is 0.480 e. The fraction of sp³-hybridized carbons (Fsp3) is 0.455. The molecule has 8 heteroatoms. The first-order chi connectivity index (χ1) is 8.86. The molecule has 0 fully saturated rings. The van der Waals surface area contributed by atoms with Gasteiger partial charge in [0.25, 0.3) is 5.91 Å². The fourth-order valence-electron chi connectivity index (χ4n) is 1.44. The predicted molar refractivity (Wildman–Crippen MR) is 69.3 cm³/mol. The van der Waals surface area contributed by atoms with Crippen molar-refractivity contribution in [3.63, 3.8) is 0 Å². The summed E-state index contributed by atoms with van der Waals surface area (Å²) >= 11 is 0.718. The Balaban J connectivity index is 2.81. The lowest BCUT2D eigenvalue weighted by Crippen LogP contribution is -2.44. The lowest BCUT2D eigenvalue weighted by atomic mass is 9.99. The molecule has 0 aromatic carbocycles. The zero-order valence-electron chi connectivity index (χ0n) is 10.5. The Morgan fingerprint density at radius 3 is 2.58 bits per heavy atom. The molecule has 0 saturated heterocycles. The molecule has 2 unspecified atom stereocenters. The molecule has 0 spiro atoms. The van der Waals surface area contributed by atoms with Crippen molar-refractivity contribution in [2.24, 2.45) is 5.92 Å². The summed E-state index contributed by atoms with van der Waals surface area (Å²) in [6.45, 7) is 3.54. The van der Waals surface area contributed by atoms with E-state index in [1.165, 1.54) is 12.1 Å². The van der Waals surface area contributed by atoms with Gasteiger partial charge >= 0.3 is 11.0 Å². The number of carbonyl (C=O) groups is 2. The summed E-state index contributed by atoms with van der Waals surface area (Å²) in [5.74, 6) is -1.95. The van der Waals surface area contributed by atoms with Crippen molar-refractivity contribution in [1.29, 1.82) is 0 Å². The Morgan fingerprint density at radius 2 is 2.16 bits per heavy atom. The minimum absolute atomic E-state index is 0.126. The number of hydrogen-bond acceptors (Lipinski definition) is 5. The molecule has 1 aromatic rings.